The van der Waals surface area contributed by atoms with Crippen LogP contribution < -0.4 is 5.32 Å². The Morgan fingerprint density at radius 1 is 1.04 bits per heavy atom. The van der Waals surface area contributed by atoms with Gasteiger partial charge in [-0.05, 0) is 55.0 Å². The lowest BCUT2D eigenvalue weighted by molar-refractivity contribution is 0.101. The number of rotatable bonds is 6. The summed E-state index contributed by atoms with van der Waals surface area (Å²) in [5, 5.41) is 3.47. The van der Waals surface area contributed by atoms with Gasteiger partial charge in [0, 0.05) is 23.2 Å². The van der Waals surface area contributed by atoms with E-state index in [1.165, 1.54) is 42.2 Å². The number of hydrogen-bond donors (Lipinski definition) is 1. The Labute approximate surface area is 160 Å². The first-order chi connectivity index (χ1) is 13.0. The van der Waals surface area contributed by atoms with E-state index < -0.39 is 0 Å². The lowest BCUT2D eigenvalue weighted by Crippen LogP contribution is -2.12. The van der Waals surface area contributed by atoms with Crippen molar-refractivity contribution in [2.24, 2.45) is 0 Å². The quantitative estimate of drug-likeness (QED) is 0.485. The van der Waals surface area contributed by atoms with Crippen molar-refractivity contribution in [2.45, 2.75) is 17.7 Å². The Morgan fingerprint density at radius 2 is 1.81 bits per heavy atom. The minimum Gasteiger partial charge on any atom is -0.322 e. The Hall–Kier alpha value is -2.99. The number of hydrogen-bond acceptors (Lipinski definition) is 4. The molecule has 27 heavy (non-hydrogen) atoms. The maximum Gasteiger partial charge on any atom is 0.257 e. The third kappa shape index (κ3) is 5.24. The molecule has 136 valence electrons. The number of carbonyl (C=O) groups is 2. The van der Waals surface area contributed by atoms with Gasteiger partial charge in [0.15, 0.2) is 5.78 Å². The van der Waals surface area contributed by atoms with Crippen LogP contribution in [-0.2, 0) is 5.75 Å². The summed E-state index contributed by atoms with van der Waals surface area (Å²) in [4.78, 5) is 28.0. The Kier molecular flexibility index (Phi) is 5.98. The SMILES string of the molecule is CC(=O)c1cccc(CSc2ccc(C(=O)Nc3ccc(F)cc3)cn2)c1. The van der Waals surface area contributed by atoms with E-state index in [9.17, 15) is 14.0 Å². The fraction of sp³-hybridized carbons (Fsp3) is 0.0952. The van der Waals surface area contributed by atoms with Crippen molar-refractivity contribution in [2.75, 3.05) is 5.32 Å². The molecule has 6 heteroatoms. The molecule has 0 unspecified atom stereocenters. The molecule has 0 aliphatic rings. The van der Waals surface area contributed by atoms with E-state index in [1.807, 2.05) is 18.2 Å². The van der Waals surface area contributed by atoms with E-state index in [0.29, 0.717) is 22.6 Å². The summed E-state index contributed by atoms with van der Waals surface area (Å²) in [6.07, 6.45) is 1.51. The molecule has 2 aromatic carbocycles. The average molecular weight is 380 g/mol. The molecule has 0 atom stereocenters. The number of aromatic nitrogens is 1. The number of ketones is 1. The number of pyridine rings is 1. The summed E-state index contributed by atoms with van der Waals surface area (Å²) < 4.78 is 12.9. The van der Waals surface area contributed by atoms with Crippen molar-refractivity contribution in [1.29, 1.82) is 0 Å². The van der Waals surface area contributed by atoms with Crippen LogP contribution in [0.4, 0.5) is 10.1 Å². The fourth-order valence-electron chi connectivity index (χ4n) is 2.37. The van der Waals surface area contributed by atoms with Crippen LogP contribution in [0.25, 0.3) is 0 Å². The highest BCUT2D eigenvalue weighted by Gasteiger charge is 2.08. The highest BCUT2D eigenvalue weighted by molar-refractivity contribution is 7.98. The monoisotopic (exact) mass is 380 g/mol. The van der Waals surface area contributed by atoms with E-state index in [-0.39, 0.29) is 17.5 Å². The standard InChI is InChI=1S/C21H17FN2O2S/c1-14(25)16-4-2-3-15(11-16)13-27-20-10-5-17(12-23-20)21(26)24-19-8-6-18(22)7-9-19/h2-12H,13H2,1H3,(H,24,26). The first kappa shape index (κ1) is 18.8. The van der Waals surface area contributed by atoms with Crippen molar-refractivity contribution in [1.82, 2.24) is 4.98 Å². The number of carbonyl (C=O) groups excluding carboxylic acids is 2. The van der Waals surface area contributed by atoms with Gasteiger partial charge >= 0.3 is 0 Å². The Balaban J connectivity index is 1.59. The van der Waals surface area contributed by atoms with Crippen LogP contribution in [0.2, 0.25) is 0 Å². The zero-order chi connectivity index (χ0) is 19.2. The third-order valence-electron chi connectivity index (χ3n) is 3.82. The molecule has 0 spiro atoms. The molecule has 1 heterocycles. The summed E-state index contributed by atoms with van der Waals surface area (Å²) in [5.41, 5.74) is 2.66. The van der Waals surface area contributed by atoms with Crippen molar-refractivity contribution in [3.63, 3.8) is 0 Å². The van der Waals surface area contributed by atoms with E-state index >= 15 is 0 Å². The van der Waals surface area contributed by atoms with Crippen LogP contribution in [0.15, 0.2) is 71.9 Å². The summed E-state index contributed by atoms with van der Waals surface area (Å²) in [6.45, 7) is 1.55. The number of anilines is 1. The second-order valence-corrected chi connectivity index (χ2v) is 6.89. The minimum atomic E-state index is -0.357. The van der Waals surface area contributed by atoms with Gasteiger partial charge in [0.05, 0.1) is 10.6 Å². The van der Waals surface area contributed by atoms with Gasteiger partial charge in [-0.1, -0.05) is 18.2 Å². The van der Waals surface area contributed by atoms with Crippen LogP contribution >= 0.6 is 11.8 Å². The molecule has 3 aromatic rings. The molecule has 0 saturated carbocycles. The zero-order valence-electron chi connectivity index (χ0n) is 14.6. The van der Waals surface area contributed by atoms with Gasteiger partial charge in [0.2, 0.25) is 0 Å². The summed E-state index contributed by atoms with van der Waals surface area (Å²) >= 11 is 1.52. The van der Waals surface area contributed by atoms with E-state index in [2.05, 4.69) is 10.3 Å². The molecule has 0 aliphatic carbocycles. The van der Waals surface area contributed by atoms with E-state index in [1.54, 1.807) is 25.1 Å². The lowest BCUT2D eigenvalue weighted by Gasteiger charge is -2.06. The van der Waals surface area contributed by atoms with Crippen LogP contribution in [0.1, 0.15) is 33.2 Å². The number of thioether (sulfide) groups is 1. The number of benzene rings is 2. The highest BCUT2D eigenvalue weighted by Crippen LogP contribution is 2.22. The first-order valence-electron chi connectivity index (χ1n) is 8.27. The van der Waals surface area contributed by atoms with Gasteiger partial charge in [0.25, 0.3) is 5.91 Å². The largest absolute Gasteiger partial charge is 0.322 e. The summed E-state index contributed by atoms with van der Waals surface area (Å²) in [7, 11) is 0. The van der Waals surface area contributed by atoms with Crippen molar-refractivity contribution in [3.8, 4) is 0 Å². The fourth-order valence-corrected chi connectivity index (χ4v) is 3.16. The molecule has 1 aromatic heterocycles. The summed E-state index contributed by atoms with van der Waals surface area (Å²) in [6, 6.07) is 16.5. The van der Waals surface area contributed by atoms with E-state index in [0.717, 1.165) is 10.6 Å². The second-order valence-electron chi connectivity index (χ2n) is 5.89. The normalized spacial score (nSPS) is 10.4. The number of nitrogens with zero attached hydrogens (tertiary/aromatic N) is 1. The van der Waals surface area contributed by atoms with Crippen LogP contribution in [0, 0.1) is 5.82 Å². The van der Waals surface area contributed by atoms with Crippen LogP contribution in [0.5, 0.6) is 0 Å². The predicted octanol–water partition coefficient (Wildman–Crippen LogP) is 4.97. The van der Waals surface area contributed by atoms with Crippen LogP contribution in [0.3, 0.4) is 0 Å². The molecule has 1 amide bonds. The van der Waals surface area contributed by atoms with Gasteiger partial charge in [-0.15, -0.1) is 11.8 Å². The van der Waals surface area contributed by atoms with Crippen molar-refractivity contribution >= 4 is 29.1 Å². The number of amides is 1. The molecule has 4 nitrogen and oxygen atoms in total. The molecule has 3 rings (SSSR count). The maximum absolute atomic E-state index is 12.9. The zero-order valence-corrected chi connectivity index (χ0v) is 15.4. The smallest absolute Gasteiger partial charge is 0.257 e. The average Bonchev–Trinajstić information content (AvgIpc) is 2.68. The maximum atomic E-state index is 12.9. The van der Waals surface area contributed by atoms with E-state index in [4.69, 9.17) is 0 Å². The highest BCUT2D eigenvalue weighted by atomic mass is 32.2. The number of halogens is 1. The molecule has 0 bridgehead atoms. The first-order valence-corrected chi connectivity index (χ1v) is 9.25. The molecular weight excluding hydrogens is 363 g/mol. The molecule has 0 fully saturated rings. The van der Waals surface area contributed by atoms with Crippen LogP contribution in [-0.4, -0.2) is 16.7 Å². The van der Waals surface area contributed by atoms with Crippen molar-refractivity contribution < 1.29 is 14.0 Å². The molecular formula is C21H17FN2O2S. The van der Waals surface area contributed by atoms with Gasteiger partial charge in [-0.2, -0.15) is 0 Å². The van der Waals surface area contributed by atoms with Gasteiger partial charge in [0.1, 0.15) is 5.82 Å². The van der Waals surface area contributed by atoms with Gasteiger partial charge < -0.3 is 5.32 Å². The topological polar surface area (TPSA) is 59.1 Å². The second kappa shape index (κ2) is 8.60. The molecule has 1 N–H and O–H groups in total. The lowest BCUT2D eigenvalue weighted by atomic mass is 10.1. The van der Waals surface area contributed by atoms with Gasteiger partial charge in [-0.25, -0.2) is 9.37 Å². The number of Topliss-reactive ketones (excluding diaryl/α,β-unsaturated/α-hetero) is 1. The predicted molar refractivity (Wildman–Crippen MR) is 105 cm³/mol. The third-order valence-corrected chi connectivity index (χ3v) is 4.84. The van der Waals surface area contributed by atoms with Crippen molar-refractivity contribution in [3.05, 3.63) is 89.4 Å². The summed E-state index contributed by atoms with van der Waals surface area (Å²) in [5.74, 6) is 0.0519. The molecule has 0 radical (unpaired) electrons. The number of nitrogens with one attached hydrogen (secondary N) is 1. The Morgan fingerprint density at radius 3 is 2.48 bits per heavy atom. The minimum absolute atomic E-state index is 0.0384. The van der Waals surface area contributed by atoms with Gasteiger partial charge in [-0.3, -0.25) is 9.59 Å². The molecule has 0 aliphatic heterocycles. The Bertz CT molecular complexity index is 957. The molecule has 0 saturated heterocycles.